The van der Waals surface area contributed by atoms with Gasteiger partial charge >= 0.3 is 0 Å². The highest BCUT2D eigenvalue weighted by Crippen LogP contribution is 2.39. The molecule has 1 heterocycles. The lowest BCUT2D eigenvalue weighted by Gasteiger charge is -2.04. The minimum Gasteiger partial charge on any atom is -0.339 e. The van der Waals surface area contributed by atoms with Crippen molar-refractivity contribution in [1.29, 1.82) is 0 Å². The Morgan fingerprint density at radius 1 is 1.60 bits per heavy atom. The molecule has 0 bridgehead atoms. The van der Waals surface area contributed by atoms with Crippen molar-refractivity contribution in [2.75, 3.05) is 11.5 Å². The standard InChI is InChI=1S/C10H17N3OS/c1-2-15-6-5-8(11)9-12-10(14-13-9)7-3-4-7/h7-8H,2-6,11H2,1H3. The Kier molecular flexibility index (Phi) is 3.64. The maximum Gasteiger partial charge on any atom is 0.229 e. The van der Waals surface area contributed by atoms with E-state index < -0.39 is 0 Å². The van der Waals surface area contributed by atoms with Crippen molar-refractivity contribution in [3.05, 3.63) is 11.7 Å². The van der Waals surface area contributed by atoms with Crippen LogP contribution in [-0.2, 0) is 0 Å². The van der Waals surface area contributed by atoms with Gasteiger partial charge in [0, 0.05) is 5.92 Å². The zero-order valence-electron chi connectivity index (χ0n) is 8.98. The Hall–Kier alpha value is -0.550. The van der Waals surface area contributed by atoms with Crippen molar-refractivity contribution in [3.8, 4) is 0 Å². The SMILES string of the molecule is CCSCCC(N)c1noc(C2CC2)n1. The number of hydrogen-bond donors (Lipinski definition) is 1. The molecule has 2 rings (SSSR count). The van der Waals surface area contributed by atoms with E-state index in [0.717, 1.165) is 23.8 Å². The molecule has 0 aromatic carbocycles. The van der Waals surface area contributed by atoms with E-state index >= 15 is 0 Å². The van der Waals surface area contributed by atoms with Crippen molar-refractivity contribution in [1.82, 2.24) is 10.1 Å². The molecule has 1 aliphatic carbocycles. The first kappa shape index (κ1) is 11.0. The molecule has 1 aromatic rings. The highest BCUT2D eigenvalue weighted by Gasteiger charge is 2.30. The first-order valence-corrected chi connectivity index (χ1v) is 6.63. The number of hydrogen-bond acceptors (Lipinski definition) is 5. The maximum absolute atomic E-state index is 5.97. The predicted octanol–water partition coefficient (Wildman–Crippen LogP) is 2.09. The lowest BCUT2D eigenvalue weighted by Crippen LogP contribution is -2.13. The van der Waals surface area contributed by atoms with Crippen LogP contribution >= 0.6 is 11.8 Å². The van der Waals surface area contributed by atoms with Crippen LogP contribution in [0.1, 0.15) is 49.9 Å². The van der Waals surface area contributed by atoms with E-state index in [4.69, 9.17) is 10.3 Å². The molecule has 0 radical (unpaired) electrons. The van der Waals surface area contributed by atoms with Crippen LogP contribution in [0.15, 0.2) is 4.52 Å². The van der Waals surface area contributed by atoms with Crippen LogP contribution in [0.5, 0.6) is 0 Å². The molecule has 1 atom stereocenters. The lowest BCUT2D eigenvalue weighted by atomic mass is 10.2. The molecule has 0 aliphatic heterocycles. The number of aromatic nitrogens is 2. The third-order valence-corrected chi connectivity index (χ3v) is 3.43. The minimum absolute atomic E-state index is 0.0692. The Balaban J connectivity index is 1.84. The van der Waals surface area contributed by atoms with Gasteiger partial charge in [0.25, 0.3) is 0 Å². The molecular weight excluding hydrogens is 210 g/mol. The summed E-state index contributed by atoms with van der Waals surface area (Å²) in [5.74, 6) is 4.16. The molecule has 0 spiro atoms. The summed E-state index contributed by atoms with van der Waals surface area (Å²) in [5, 5.41) is 3.94. The average Bonchev–Trinajstić information content (AvgIpc) is 2.97. The van der Waals surface area contributed by atoms with Gasteiger partial charge in [-0.05, 0) is 30.8 Å². The summed E-state index contributed by atoms with van der Waals surface area (Å²) in [6.45, 7) is 2.15. The normalized spacial score (nSPS) is 18.0. The summed E-state index contributed by atoms with van der Waals surface area (Å²) in [5.41, 5.74) is 5.97. The van der Waals surface area contributed by atoms with Crippen molar-refractivity contribution < 1.29 is 4.52 Å². The fraction of sp³-hybridized carbons (Fsp3) is 0.800. The van der Waals surface area contributed by atoms with Crippen LogP contribution in [0.3, 0.4) is 0 Å². The summed E-state index contributed by atoms with van der Waals surface area (Å²) in [6.07, 6.45) is 3.28. The van der Waals surface area contributed by atoms with Crippen molar-refractivity contribution in [3.63, 3.8) is 0 Å². The average molecular weight is 227 g/mol. The molecule has 2 N–H and O–H groups in total. The smallest absolute Gasteiger partial charge is 0.229 e. The summed E-state index contributed by atoms with van der Waals surface area (Å²) in [6, 6.07) is -0.0692. The van der Waals surface area contributed by atoms with E-state index in [1.54, 1.807) is 0 Å². The quantitative estimate of drug-likeness (QED) is 0.754. The van der Waals surface area contributed by atoms with Crippen LogP contribution < -0.4 is 5.73 Å². The van der Waals surface area contributed by atoms with Crippen LogP contribution in [0, 0.1) is 0 Å². The van der Waals surface area contributed by atoms with Crippen molar-refractivity contribution in [2.45, 2.75) is 38.1 Å². The monoisotopic (exact) mass is 227 g/mol. The maximum atomic E-state index is 5.97. The Morgan fingerprint density at radius 2 is 2.40 bits per heavy atom. The van der Waals surface area contributed by atoms with Crippen LogP contribution in [-0.4, -0.2) is 21.6 Å². The molecule has 15 heavy (non-hydrogen) atoms. The van der Waals surface area contributed by atoms with E-state index in [-0.39, 0.29) is 6.04 Å². The molecule has 0 saturated heterocycles. The Labute approximate surface area is 94.0 Å². The van der Waals surface area contributed by atoms with Gasteiger partial charge in [0.15, 0.2) is 5.82 Å². The van der Waals surface area contributed by atoms with E-state index in [2.05, 4.69) is 17.1 Å². The van der Waals surface area contributed by atoms with Gasteiger partial charge in [-0.25, -0.2) is 0 Å². The fourth-order valence-electron chi connectivity index (χ4n) is 1.38. The highest BCUT2D eigenvalue weighted by atomic mass is 32.2. The van der Waals surface area contributed by atoms with Gasteiger partial charge in [-0.3, -0.25) is 0 Å². The molecule has 1 saturated carbocycles. The molecule has 1 aromatic heterocycles. The van der Waals surface area contributed by atoms with Crippen LogP contribution in [0.25, 0.3) is 0 Å². The summed E-state index contributed by atoms with van der Waals surface area (Å²) in [7, 11) is 0. The molecule has 1 unspecified atom stereocenters. The molecule has 5 heteroatoms. The van der Waals surface area contributed by atoms with E-state index in [9.17, 15) is 0 Å². The molecule has 84 valence electrons. The van der Waals surface area contributed by atoms with Gasteiger partial charge in [0.05, 0.1) is 6.04 Å². The number of nitrogens with two attached hydrogens (primary N) is 1. The van der Waals surface area contributed by atoms with Crippen molar-refractivity contribution in [2.24, 2.45) is 5.73 Å². The number of rotatable bonds is 6. The van der Waals surface area contributed by atoms with Crippen LogP contribution in [0.2, 0.25) is 0 Å². The molecular formula is C10H17N3OS. The van der Waals surface area contributed by atoms with Gasteiger partial charge in [0.2, 0.25) is 5.89 Å². The second-order valence-electron chi connectivity index (χ2n) is 3.86. The first-order chi connectivity index (χ1) is 7.31. The van der Waals surface area contributed by atoms with E-state index in [1.165, 1.54) is 12.8 Å². The van der Waals surface area contributed by atoms with E-state index in [1.807, 2.05) is 11.8 Å². The second-order valence-corrected chi connectivity index (χ2v) is 5.25. The van der Waals surface area contributed by atoms with Gasteiger partial charge in [-0.2, -0.15) is 16.7 Å². The number of nitrogens with zero attached hydrogens (tertiary/aromatic N) is 2. The van der Waals surface area contributed by atoms with Gasteiger partial charge in [0.1, 0.15) is 0 Å². The zero-order chi connectivity index (χ0) is 10.7. The van der Waals surface area contributed by atoms with Gasteiger partial charge in [-0.1, -0.05) is 12.1 Å². The summed E-state index contributed by atoms with van der Waals surface area (Å²) in [4.78, 5) is 4.34. The zero-order valence-corrected chi connectivity index (χ0v) is 9.80. The molecule has 0 amide bonds. The molecule has 1 fully saturated rings. The highest BCUT2D eigenvalue weighted by molar-refractivity contribution is 7.99. The molecule has 1 aliphatic rings. The van der Waals surface area contributed by atoms with E-state index in [0.29, 0.717) is 11.7 Å². The third kappa shape index (κ3) is 2.95. The largest absolute Gasteiger partial charge is 0.339 e. The second kappa shape index (κ2) is 4.99. The van der Waals surface area contributed by atoms with Gasteiger partial charge < -0.3 is 10.3 Å². The Morgan fingerprint density at radius 3 is 3.07 bits per heavy atom. The topological polar surface area (TPSA) is 64.9 Å². The fourth-order valence-corrected chi connectivity index (χ4v) is 2.09. The summed E-state index contributed by atoms with van der Waals surface area (Å²) >= 11 is 1.89. The Bertz CT molecular complexity index is 311. The minimum atomic E-state index is -0.0692. The summed E-state index contributed by atoms with van der Waals surface area (Å²) < 4.78 is 5.17. The predicted molar refractivity (Wildman–Crippen MR) is 60.8 cm³/mol. The first-order valence-electron chi connectivity index (χ1n) is 5.48. The lowest BCUT2D eigenvalue weighted by molar-refractivity contribution is 0.370. The van der Waals surface area contributed by atoms with Crippen molar-refractivity contribution >= 4 is 11.8 Å². The van der Waals surface area contributed by atoms with Crippen LogP contribution in [0.4, 0.5) is 0 Å². The van der Waals surface area contributed by atoms with Gasteiger partial charge in [-0.15, -0.1) is 0 Å². The third-order valence-electron chi connectivity index (χ3n) is 2.49. The molecule has 4 nitrogen and oxygen atoms in total. The number of thioether (sulfide) groups is 1.